The van der Waals surface area contributed by atoms with Crippen molar-refractivity contribution in [1.29, 1.82) is 0 Å². The van der Waals surface area contributed by atoms with Crippen molar-refractivity contribution >= 4 is 6.09 Å². The van der Waals surface area contributed by atoms with Crippen molar-refractivity contribution in [3.8, 4) is 0 Å². The van der Waals surface area contributed by atoms with Crippen LogP contribution in [0.1, 0.15) is 52.9 Å². The predicted octanol–water partition coefficient (Wildman–Crippen LogP) is 1.87. The molecular weight excluding hydrogens is 294 g/mol. The summed E-state index contributed by atoms with van der Waals surface area (Å²) in [6.07, 6.45) is 5.75. The van der Waals surface area contributed by atoms with E-state index in [4.69, 9.17) is 15.2 Å². The van der Waals surface area contributed by atoms with Gasteiger partial charge in [0.15, 0.2) is 0 Å². The zero-order chi connectivity index (χ0) is 16.9. The minimum atomic E-state index is -0.461. The number of fused-ring (bicyclic) bond motifs is 1. The predicted molar refractivity (Wildman–Crippen MR) is 90.4 cm³/mol. The van der Waals surface area contributed by atoms with Gasteiger partial charge >= 0.3 is 6.09 Å². The highest BCUT2D eigenvalue weighted by Gasteiger charge is 2.36. The van der Waals surface area contributed by atoms with Gasteiger partial charge in [0.2, 0.25) is 0 Å². The van der Waals surface area contributed by atoms with Crippen LogP contribution in [-0.2, 0) is 9.47 Å². The smallest absolute Gasteiger partial charge is 0.407 e. The molecule has 1 aliphatic heterocycles. The van der Waals surface area contributed by atoms with E-state index >= 15 is 0 Å². The van der Waals surface area contributed by atoms with E-state index < -0.39 is 5.60 Å². The van der Waals surface area contributed by atoms with Crippen LogP contribution in [0.4, 0.5) is 4.79 Å². The average Bonchev–Trinajstić information content (AvgIpc) is 2.49. The Labute approximate surface area is 140 Å². The molecule has 2 fully saturated rings. The lowest BCUT2D eigenvalue weighted by Crippen LogP contribution is -2.58. The van der Waals surface area contributed by atoms with Gasteiger partial charge in [-0.25, -0.2) is 4.79 Å². The SMILES string of the molecule is CC(C)(C)OC(=O)NCCC(CN)N1CCOC2CCCCC21. The molecule has 1 heterocycles. The average molecular weight is 327 g/mol. The second kappa shape index (κ2) is 8.31. The third-order valence-corrected chi connectivity index (χ3v) is 4.66. The Morgan fingerprint density at radius 2 is 2.13 bits per heavy atom. The largest absolute Gasteiger partial charge is 0.444 e. The highest BCUT2D eigenvalue weighted by Crippen LogP contribution is 2.30. The van der Waals surface area contributed by atoms with Crippen LogP contribution in [0.5, 0.6) is 0 Å². The number of nitrogens with one attached hydrogen (secondary N) is 1. The van der Waals surface area contributed by atoms with Crippen LogP contribution < -0.4 is 11.1 Å². The first-order valence-corrected chi connectivity index (χ1v) is 8.95. The summed E-state index contributed by atoms with van der Waals surface area (Å²) >= 11 is 0. The Bertz CT molecular complexity index is 382. The summed E-state index contributed by atoms with van der Waals surface area (Å²) in [6.45, 7) is 8.53. The zero-order valence-corrected chi connectivity index (χ0v) is 14.8. The molecule has 0 radical (unpaired) electrons. The number of morpholine rings is 1. The maximum absolute atomic E-state index is 11.7. The van der Waals surface area contributed by atoms with E-state index in [1.807, 2.05) is 20.8 Å². The maximum Gasteiger partial charge on any atom is 0.407 e. The molecule has 3 N–H and O–H groups in total. The number of nitrogens with zero attached hydrogens (tertiary/aromatic N) is 1. The van der Waals surface area contributed by atoms with Gasteiger partial charge in [-0.15, -0.1) is 0 Å². The van der Waals surface area contributed by atoms with Gasteiger partial charge in [0.1, 0.15) is 5.60 Å². The van der Waals surface area contributed by atoms with E-state index in [-0.39, 0.29) is 6.09 Å². The maximum atomic E-state index is 11.7. The van der Waals surface area contributed by atoms with Gasteiger partial charge in [-0.3, -0.25) is 4.90 Å². The van der Waals surface area contributed by atoms with Crippen molar-refractivity contribution in [2.75, 3.05) is 26.2 Å². The first-order chi connectivity index (χ1) is 10.9. The summed E-state index contributed by atoms with van der Waals surface area (Å²) in [5, 5.41) is 2.84. The summed E-state index contributed by atoms with van der Waals surface area (Å²) in [6, 6.07) is 0.784. The monoisotopic (exact) mass is 327 g/mol. The molecule has 6 nitrogen and oxygen atoms in total. The Kier molecular flexibility index (Phi) is 6.68. The summed E-state index contributed by atoms with van der Waals surface area (Å²) in [5.74, 6) is 0. The summed E-state index contributed by atoms with van der Waals surface area (Å²) in [7, 11) is 0. The number of carbonyl (C=O) groups excluding carboxylic acids is 1. The number of rotatable bonds is 5. The lowest BCUT2D eigenvalue weighted by atomic mass is 9.89. The van der Waals surface area contributed by atoms with Crippen LogP contribution >= 0.6 is 0 Å². The Morgan fingerprint density at radius 1 is 1.39 bits per heavy atom. The third kappa shape index (κ3) is 5.62. The fourth-order valence-electron chi connectivity index (χ4n) is 3.65. The molecule has 3 atom stereocenters. The molecule has 0 aromatic carbocycles. The van der Waals surface area contributed by atoms with Gasteiger partial charge < -0.3 is 20.5 Å². The van der Waals surface area contributed by atoms with Crippen molar-refractivity contribution in [2.45, 2.75) is 76.7 Å². The van der Waals surface area contributed by atoms with Crippen molar-refractivity contribution in [2.24, 2.45) is 5.73 Å². The molecule has 1 saturated carbocycles. The normalized spacial score (nSPS) is 27.1. The minimum absolute atomic E-state index is 0.291. The molecule has 6 heteroatoms. The molecule has 2 rings (SSSR count). The molecule has 1 aliphatic carbocycles. The number of hydrogen-bond acceptors (Lipinski definition) is 5. The van der Waals surface area contributed by atoms with Crippen LogP contribution in [0.15, 0.2) is 0 Å². The van der Waals surface area contributed by atoms with E-state index in [1.54, 1.807) is 0 Å². The van der Waals surface area contributed by atoms with Crippen molar-refractivity contribution in [1.82, 2.24) is 10.2 Å². The lowest BCUT2D eigenvalue weighted by molar-refractivity contribution is -0.102. The summed E-state index contributed by atoms with van der Waals surface area (Å²) in [4.78, 5) is 14.3. The summed E-state index contributed by atoms with van der Waals surface area (Å²) in [5.41, 5.74) is 5.56. The number of alkyl carbamates (subject to hydrolysis) is 1. The molecule has 0 aromatic rings. The minimum Gasteiger partial charge on any atom is -0.444 e. The van der Waals surface area contributed by atoms with Crippen molar-refractivity contribution < 1.29 is 14.3 Å². The Hall–Kier alpha value is -0.850. The molecule has 1 saturated heterocycles. The first kappa shape index (κ1) is 18.5. The number of nitrogens with two attached hydrogens (primary N) is 1. The number of hydrogen-bond donors (Lipinski definition) is 2. The third-order valence-electron chi connectivity index (χ3n) is 4.66. The van der Waals surface area contributed by atoms with E-state index in [9.17, 15) is 4.79 Å². The second-order valence-electron chi connectivity index (χ2n) is 7.61. The molecule has 1 amide bonds. The Balaban J connectivity index is 1.81. The molecular formula is C17H33N3O3. The van der Waals surface area contributed by atoms with E-state index in [0.717, 1.165) is 26.0 Å². The fraction of sp³-hybridized carbons (Fsp3) is 0.941. The standard InChI is InChI=1S/C17H33N3O3/c1-17(2,3)23-16(21)19-9-8-13(12-18)20-10-11-22-15-7-5-4-6-14(15)20/h13-15H,4-12,18H2,1-3H3,(H,19,21). The highest BCUT2D eigenvalue weighted by atomic mass is 16.6. The van der Waals surface area contributed by atoms with Crippen LogP contribution in [0.25, 0.3) is 0 Å². The van der Waals surface area contributed by atoms with Crippen molar-refractivity contribution in [3.05, 3.63) is 0 Å². The van der Waals surface area contributed by atoms with Gasteiger partial charge in [-0.2, -0.15) is 0 Å². The number of ether oxygens (including phenoxy) is 2. The van der Waals surface area contributed by atoms with Crippen LogP contribution in [0, 0.1) is 0 Å². The second-order valence-corrected chi connectivity index (χ2v) is 7.61. The van der Waals surface area contributed by atoms with E-state index in [2.05, 4.69) is 10.2 Å². The summed E-state index contributed by atoms with van der Waals surface area (Å²) < 4.78 is 11.2. The molecule has 3 unspecified atom stereocenters. The number of carbonyl (C=O) groups is 1. The molecule has 0 bridgehead atoms. The van der Waals surface area contributed by atoms with E-state index in [0.29, 0.717) is 31.3 Å². The fourth-order valence-corrected chi connectivity index (χ4v) is 3.65. The van der Waals surface area contributed by atoms with Crippen LogP contribution in [0.2, 0.25) is 0 Å². The zero-order valence-electron chi connectivity index (χ0n) is 14.8. The van der Waals surface area contributed by atoms with Gasteiger partial charge in [0.05, 0.1) is 12.7 Å². The van der Waals surface area contributed by atoms with Gasteiger partial charge in [-0.1, -0.05) is 12.8 Å². The first-order valence-electron chi connectivity index (χ1n) is 8.95. The highest BCUT2D eigenvalue weighted by molar-refractivity contribution is 5.67. The molecule has 2 aliphatic rings. The molecule has 0 spiro atoms. The lowest BCUT2D eigenvalue weighted by Gasteiger charge is -2.47. The van der Waals surface area contributed by atoms with E-state index in [1.165, 1.54) is 19.3 Å². The van der Waals surface area contributed by atoms with Gasteiger partial charge in [0.25, 0.3) is 0 Å². The topological polar surface area (TPSA) is 76.8 Å². The molecule has 0 aromatic heterocycles. The van der Waals surface area contributed by atoms with Gasteiger partial charge in [0, 0.05) is 31.7 Å². The van der Waals surface area contributed by atoms with Crippen LogP contribution in [0.3, 0.4) is 0 Å². The van der Waals surface area contributed by atoms with Crippen molar-refractivity contribution in [3.63, 3.8) is 0 Å². The molecule has 23 heavy (non-hydrogen) atoms. The van der Waals surface area contributed by atoms with Crippen LogP contribution in [-0.4, -0.2) is 61.0 Å². The van der Waals surface area contributed by atoms with Gasteiger partial charge in [-0.05, 0) is 40.0 Å². The quantitative estimate of drug-likeness (QED) is 0.806. The molecule has 134 valence electrons. The Morgan fingerprint density at radius 3 is 2.83 bits per heavy atom. The number of amides is 1.